The van der Waals surface area contributed by atoms with Crippen molar-refractivity contribution in [1.82, 2.24) is 9.97 Å². The molecule has 0 unspecified atom stereocenters. The van der Waals surface area contributed by atoms with Crippen LogP contribution >= 0.6 is 23.2 Å². The number of anilines is 1. The Morgan fingerprint density at radius 2 is 1.95 bits per heavy atom. The van der Waals surface area contributed by atoms with Gasteiger partial charge in [0, 0.05) is 18.7 Å². The van der Waals surface area contributed by atoms with Crippen molar-refractivity contribution in [3.63, 3.8) is 0 Å². The molecule has 0 atom stereocenters. The van der Waals surface area contributed by atoms with Crippen LogP contribution in [0, 0.1) is 6.92 Å². The van der Waals surface area contributed by atoms with E-state index in [1.165, 1.54) is 0 Å². The van der Waals surface area contributed by atoms with Crippen LogP contribution in [0.15, 0.2) is 24.3 Å². The van der Waals surface area contributed by atoms with Gasteiger partial charge in [-0.2, -0.15) is 4.98 Å². The SMILES string of the molecule is CCNc1cc(Oc2ccc(Cl)c(Cl)c2)nc(C)n1. The summed E-state index contributed by atoms with van der Waals surface area (Å²) in [6.45, 7) is 4.59. The minimum Gasteiger partial charge on any atom is -0.439 e. The average Bonchev–Trinajstić information content (AvgIpc) is 2.33. The van der Waals surface area contributed by atoms with Crippen molar-refractivity contribution in [2.24, 2.45) is 0 Å². The standard InChI is InChI=1S/C13H13Cl2N3O/c1-3-16-12-7-13(18-8(2)17-12)19-9-4-5-10(14)11(15)6-9/h4-7H,3H2,1-2H3,(H,16,17,18). The maximum atomic E-state index is 5.94. The third-order valence-electron chi connectivity index (χ3n) is 2.29. The van der Waals surface area contributed by atoms with Crippen LogP contribution in [0.2, 0.25) is 10.0 Å². The van der Waals surface area contributed by atoms with Crippen molar-refractivity contribution in [2.75, 3.05) is 11.9 Å². The van der Waals surface area contributed by atoms with Crippen LogP contribution in [0.25, 0.3) is 0 Å². The molecule has 4 nitrogen and oxygen atoms in total. The van der Waals surface area contributed by atoms with Gasteiger partial charge in [-0.1, -0.05) is 23.2 Å². The zero-order valence-corrected chi connectivity index (χ0v) is 12.1. The highest BCUT2D eigenvalue weighted by Crippen LogP contribution is 2.29. The fraction of sp³-hybridized carbons (Fsp3) is 0.231. The molecule has 0 fully saturated rings. The molecule has 1 aromatic carbocycles. The molecule has 1 N–H and O–H groups in total. The zero-order valence-electron chi connectivity index (χ0n) is 10.6. The first-order valence-corrected chi connectivity index (χ1v) is 6.56. The Morgan fingerprint density at radius 1 is 1.16 bits per heavy atom. The molecule has 0 bridgehead atoms. The molecule has 0 aliphatic rings. The number of aryl methyl sites for hydroxylation is 1. The quantitative estimate of drug-likeness (QED) is 0.913. The molecule has 1 aromatic heterocycles. The minimum absolute atomic E-state index is 0.442. The van der Waals surface area contributed by atoms with Crippen LogP contribution in [0.1, 0.15) is 12.7 Å². The summed E-state index contributed by atoms with van der Waals surface area (Å²) in [4.78, 5) is 8.46. The van der Waals surface area contributed by atoms with Crippen LogP contribution in [0.4, 0.5) is 5.82 Å². The number of hydrogen-bond donors (Lipinski definition) is 1. The smallest absolute Gasteiger partial charge is 0.224 e. The summed E-state index contributed by atoms with van der Waals surface area (Å²) in [7, 11) is 0. The number of ether oxygens (including phenoxy) is 1. The van der Waals surface area contributed by atoms with E-state index in [1.54, 1.807) is 24.3 Å². The predicted octanol–water partition coefficient (Wildman–Crippen LogP) is 4.32. The number of rotatable bonds is 4. The van der Waals surface area contributed by atoms with Gasteiger partial charge in [0.05, 0.1) is 10.0 Å². The summed E-state index contributed by atoms with van der Waals surface area (Å²) >= 11 is 11.8. The molecule has 19 heavy (non-hydrogen) atoms. The second kappa shape index (κ2) is 6.08. The highest BCUT2D eigenvalue weighted by atomic mass is 35.5. The van der Waals surface area contributed by atoms with Gasteiger partial charge in [0.15, 0.2) is 0 Å². The summed E-state index contributed by atoms with van der Waals surface area (Å²) in [5.41, 5.74) is 0. The van der Waals surface area contributed by atoms with E-state index in [1.807, 2.05) is 13.8 Å². The normalized spacial score (nSPS) is 10.3. The Morgan fingerprint density at radius 3 is 2.63 bits per heavy atom. The van der Waals surface area contributed by atoms with Gasteiger partial charge in [-0.05, 0) is 26.0 Å². The van der Waals surface area contributed by atoms with E-state index in [0.717, 1.165) is 12.4 Å². The van der Waals surface area contributed by atoms with Gasteiger partial charge in [-0.3, -0.25) is 0 Å². The third kappa shape index (κ3) is 3.72. The molecule has 0 saturated heterocycles. The first-order chi connectivity index (χ1) is 9.08. The Kier molecular flexibility index (Phi) is 4.45. The molecule has 0 saturated carbocycles. The van der Waals surface area contributed by atoms with Crippen molar-refractivity contribution in [1.29, 1.82) is 0 Å². The monoisotopic (exact) mass is 297 g/mol. The van der Waals surface area contributed by atoms with Gasteiger partial charge >= 0.3 is 0 Å². The lowest BCUT2D eigenvalue weighted by Gasteiger charge is -2.09. The molecule has 2 aromatic rings. The van der Waals surface area contributed by atoms with Crippen LogP contribution < -0.4 is 10.1 Å². The van der Waals surface area contributed by atoms with E-state index < -0.39 is 0 Å². The van der Waals surface area contributed by atoms with Crippen LogP contribution in [0.5, 0.6) is 11.6 Å². The van der Waals surface area contributed by atoms with E-state index in [9.17, 15) is 0 Å². The van der Waals surface area contributed by atoms with Gasteiger partial charge in [-0.15, -0.1) is 0 Å². The maximum absolute atomic E-state index is 5.94. The van der Waals surface area contributed by atoms with Gasteiger partial charge in [0.25, 0.3) is 0 Å². The molecule has 2 rings (SSSR count). The molecule has 0 amide bonds. The molecule has 0 radical (unpaired) electrons. The molecule has 0 aliphatic heterocycles. The second-order valence-corrected chi connectivity index (χ2v) is 4.66. The number of nitrogens with zero attached hydrogens (tertiary/aromatic N) is 2. The summed E-state index contributed by atoms with van der Waals surface area (Å²) in [6.07, 6.45) is 0. The number of halogens is 2. The Bertz CT molecular complexity index is 590. The second-order valence-electron chi connectivity index (χ2n) is 3.85. The minimum atomic E-state index is 0.442. The maximum Gasteiger partial charge on any atom is 0.224 e. The highest BCUT2D eigenvalue weighted by molar-refractivity contribution is 6.42. The van der Waals surface area contributed by atoms with Crippen molar-refractivity contribution >= 4 is 29.0 Å². The molecule has 0 aliphatic carbocycles. The van der Waals surface area contributed by atoms with E-state index >= 15 is 0 Å². The molecule has 0 spiro atoms. The average molecular weight is 298 g/mol. The number of aromatic nitrogens is 2. The molecule has 100 valence electrons. The summed E-state index contributed by atoms with van der Waals surface area (Å²) in [5, 5.41) is 4.05. The predicted molar refractivity (Wildman–Crippen MR) is 77.5 cm³/mol. The molecule has 1 heterocycles. The van der Waals surface area contributed by atoms with Gasteiger partial charge < -0.3 is 10.1 Å². The van der Waals surface area contributed by atoms with Gasteiger partial charge in [0.2, 0.25) is 5.88 Å². The first-order valence-electron chi connectivity index (χ1n) is 5.81. The van der Waals surface area contributed by atoms with Crippen LogP contribution in [-0.2, 0) is 0 Å². The Hall–Kier alpha value is -1.52. The first kappa shape index (κ1) is 13.9. The Labute approximate surface area is 121 Å². The third-order valence-corrected chi connectivity index (χ3v) is 3.02. The molecular weight excluding hydrogens is 285 g/mol. The lowest BCUT2D eigenvalue weighted by molar-refractivity contribution is 0.460. The largest absolute Gasteiger partial charge is 0.439 e. The fourth-order valence-electron chi connectivity index (χ4n) is 1.53. The number of nitrogens with one attached hydrogen (secondary N) is 1. The number of benzene rings is 1. The summed E-state index contributed by atoms with van der Waals surface area (Å²) < 4.78 is 5.65. The van der Waals surface area contributed by atoms with Crippen molar-refractivity contribution in [2.45, 2.75) is 13.8 Å². The Balaban J connectivity index is 2.24. The van der Waals surface area contributed by atoms with Gasteiger partial charge in [0.1, 0.15) is 17.4 Å². The van der Waals surface area contributed by atoms with E-state index in [-0.39, 0.29) is 0 Å². The van der Waals surface area contributed by atoms with Gasteiger partial charge in [-0.25, -0.2) is 4.98 Å². The van der Waals surface area contributed by atoms with E-state index in [2.05, 4.69) is 15.3 Å². The summed E-state index contributed by atoms with van der Waals surface area (Å²) in [5.74, 6) is 2.40. The highest BCUT2D eigenvalue weighted by Gasteiger charge is 2.05. The zero-order chi connectivity index (χ0) is 13.8. The van der Waals surface area contributed by atoms with Crippen molar-refractivity contribution < 1.29 is 4.74 Å². The van der Waals surface area contributed by atoms with E-state index in [4.69, 9.17) is 27.9 Å². The number of hydrogen-bond acceptors (Lipinski definition) is 4. The van der Waals surface area contributed by atoms with E-state index in [0.29, 0.717) is 27.5 Å². The van der Waals surface area contributed by atoms with Crippen LogP contribution in [0.3, 0.4) is 0 Å². The fourth-order valence-corrected chi connectivity index (χ4v) is 1.81. The lowest BCUT2D eigenvalue weighted by Crippen LogP contribution is -2.02. The summed E-state index contributed by atoms with van der Waals surface area (Å²) in [6, 6.07) is 6.80. The topological polar surface area (TPSA) is 47.0 Å². The van der Waals surface area contributed by atoms with Crippen molar-refractivity contribution in [3.8, 4) is 11.6 Å². The lowest BCUT2D eigenvalue weighted by atomic mass is 10.3. The van der Waals surface area contributed by atoms with Crippen molar-refractivity contribution in [3.05, 3.63) is 40.1 Å². The van der Waals surface area contributed by atoms with Crippen LogP contribution in [-0.4, -0.2) is 16.5 Å². The molecule has 6 heteroatoms. The molecular formula is C13H13Cl2N3O.